The molecule has 27 heavy (non-hydrogen) atoms. The van der Waals surface area contributed by atoms with Gasteiger partial charge in [0.25, 0.3) is 5.69 Å². The van der Waals surface area contributed by atoms with E-state index in [4.69, 9.17) is 11.6 Å². The number of amides is 1. The summed E-state index contributed by atoms with van der Waals surface area (Å²) in [7, 11) is 0. The lowest BCUT2D eigenvalue weighted by Gasteiger charge is -2.32. The Bertz CT molecular complexity index is 856. The maximum atomic E-state index is 12.7. The lowest BCUT2D eigenvalue weighted by molar-refractivity contribution is -0.384. The van der Waals surface area contributed by atoms with Crippen molar-refractivity contribution in [3.05, 3.63) is 68.7 Å². The lowest BCUT2D eigenvalue weighted by atomic mass is 9.96. The summed E-state index contributed by atoms with van der Waals surface area (Å²) in [6.07, 6.45) is 1.73. The number of carbonyl (C=O) groups excluding carboxylic acids is 1. The molecule has 1 amide bonds. The third kappa shape index (κ3) is 4.84. The van der Waals surface area contributed by atoms with E-state index < -0.39 is 4.92 Å². The highest BCUT2D eigenvalue weighted by Crippen LogP contribution is 2.28. The molecule has 1 atom stereocenters. The molecular formula is C20H22ClN3O3. The molecule has 0 aliphatic carbocycles. The molecule has 1 N–H and O–H groups in total. The van der Waals surface area contributed by atoms with Gasteiger partial charge in [0.2, 0.25) is 5.91 Å². The van der Waals surface area contributed by atoms with Gasteiger partial charge in [-0.25, -0.2) is 0 Å². The number of nitrogens with one attached hydrogen (secondary N) is 1. The van der Waals surface area contributed by atoms with E-state index in [1.807, 2.05) is 12.1 Å². The minimum absolute atomic E-state index is 0.0977. The first-order chi connectivity index (χ1) is 12.9. The molecule has 2 aromatic rings. The number of piperidine rings is 1. The van der Waals surface area contributed by atoms with Gasteiger partial charge in [0.15, 0.2) is 0 Å². The molecule has 1 saturated heterocycles. The zero-order chi connectivity index (χ0) is 19.4. The third-order valence-electron chi connectivity index (χ3n) is 4.95. The Morgan fingerprint density at radius 2 is 2.11 bits per heavy atom. The van der Waals surface area contributed by atoms with E-state index >= 15 is 0 Å². The highest BCUT2D eigenvalue weighted by Gasteiger charge is 2.26. The molecule has 3 rings (SSSR count). The predicted molar refractivity (Wildman–Crippen MR) is 106 cm³/mol. The number of benzene rings is 2. The Kier molecular flexibility index (Phi) is 6.08. The molecule has 0 aromatic heterocycles. The summed E-state index contributed by atoms with van der Waals surface area (Å²) in [5.74, 6) is -0.315. The fourth-order valence-electron chi connectivity index (χ4n) is 3.40. The van der Waals surface area contributed by atoms with Crippen molar-refractivity contribution in [2.75, 3.05) is 18.4 Å². The second-order valence-electron chi connectivity index (χ2n) is 6.91. The minimum Gasteiger partial charge on any atom is -0.324 e. The van der Waals surface area contributed by atoms with Gasteiger partial charge in [-0.3, -0.25) is 19.8 Å². The van der Waals surface area contributed by atoms with Crippen LogP contribution in [0.2, 0.25) is 5.02 Å². The third-order valence-corrected chi connectivity index (χ3v) is 5.28. The Hall–Kier alpha value is -2.44. The summed E-state index contributed by atoms with van der Waals surface area (Å²) < 4.78 is 0. The highest BCUT2D eigenvalue weighted by atomic mass is 35.5. The van der Waals surface area contributed by atoms with E-state index in [2.05, 4.69) is 29.3 Å². The molecule has 1 unspecified atom stereocenters. The van der Waals surface area contributed by atoms with Crippen molar-refractivity contribution in [3.8, 4) is 0 Å². The quantitative estimate of drug-likeness (QED) is 0.609. The number of nitro benzene ring substituents is 1. The summed E-state index contributed by atoms with van der Waals surface area (Å²) in [6, 6.07) is 12.3. The van der Waals surface area contributed by atoms with Crippen LogP contribution in [0.5, 0.6) is 0 Å². The van der Waals surface area contributed by atoms with Gasteiger partial charge in [0.05, 0.1) is 21.6 Å². The fraction of sp³-hybridized carbons (Fsp3) is 0.350. The number of carbonyl (C=O) groups is 1. The van der Waals surface area contributed by atoms with Crippen LogP contribution in [0.3, 0.4) is 0 Å². The van der Waals surface area contributed by atoms with Crippen molar-refractivity contribution in [3.63, 3.8) is 0 Å². The molecule has 6 nitrogen and oxygen atoms in total. The molecular weight excluding hydrogens is 366 g/mol. The van der Waals surface area contributed by atoms with Crippen LogP contribution in [0.25, 0.3) is 0 Å². The molecule has 142 valence electrons. The van der Waals surface area contributed by atoms with E-state index in [1.54, 1.807) is 0 Å². The van der Waals surface area contributed by atoms with Gasteiger partial charge < -0.3 is 5.32 Å². The molecule has 7 heteroatoms. The van der Waals surface area contributed by atoms with E-state index in [-0.39, 0.29) is 23.2 Å². The van der Waals surface area contributed by atoms with Gasteiger partial charge in [-0.2, -0.15) is 0 Å². The molecule has 1 aliphatic rings. The number of anilines is 1. The first kappa shape index (κ1) is 19.3. The van der Waals surface area contributed by atoms with Crippen molar-refractivity contribution in [1.82, 2.24) is 4.90 Å². The van der Waals surface area contributed by atoms with Crippen molar-refractivity contribution in [2.45, 2.75) is 26.3 Å². The predicted octanol–water partition coefficient (Wildman–Crippen LogP) is 4.41. The van der Waals surface area contributed by atoms with Gasteiger partial charge in [-0.1, -0.05) is 35.9 Å². The number of aryl methyl sites for hydroxylation is 1. The smallest absolute Gasteiger partial charge is 0.271 e. The van der Waals surface area contributed by atoms with E-state index in [0.717, 1.165) is 25.9 Å². The Morgan fingerprint density at radius 3 is 2.85 bits per heavy atom. The number of likely N-dealkylation sites (tertiary alicyclic amines) is 1. The van der Waals surface area contributed by atoms with Gasteiger partial charge in [0, 0.05) is 25.2 Å². The summed E-state index contributed by atoms with van der Waals surface area (Å²) in [6.45, 7) is 4.52. The lowest BCUT2D eigenvalue weighted by Crippen LogP contribution is -2.40. The zero-order valence-corrected chi connectivity index (χ0v) is 15.9. The Labute approximate surface area is 163 Å². The number of nitro groups is 1. The fourth-order valence-corrected chi connectivity index (χ4v) is 3.56. The number of hydrogen-bond acceptors (Lipinski definition) is 4. The van der Waals surface area contributed by atoms with Gasteiger partial charge in [-0.05, 0) is 43.5 Å². The summed E-state index contributed by atoms with van der Waals surface area (Å²) in [5, 5.41) is 14.0. The molecule has 0 bridgehead atoms. The van der Waals surface area contributed by atoms with Crippen LogP contribution >= 0.6 is 11.6 Å². The minimum atomic E-state index is -0.503. The number of halogens is 1. The van der Waals surface area contributed by atoms with E-state index in [0.29, 0.717) is 11.6 Å². The standard InChI is InChI=1S/C20H22ClN3O3/c1-14-5-2-3-6-15(14)12-23-10-4-7-16(13-23)20(25)22-19-11-17(24(26)27)8-9-18(19)21/h2-3,5-6,8-9,11,16H,4,7,10,12-13H2,1H3,(H,22,25). The van der Waals surface area contributed by atoms with Crippen molar-refractivity contribution < 1.29 is 9.72 Å². The monoisotopic (exact) mass is 387 g/mol. The van der Waals surface area contributed by atoms with Crippen molar-refractivity contribution in [2.24, 2.45) is 5.92 Å². The van der Waals surface area contributed by atoms with Crippen LogP contribution in [0.1, 0.15) is 24.0 Å². The van der Waals surface area contributed by atoms with E-state index in [1.165, 1.54) is 29.3 Å². The number of hydrogen-bond donors (Lipinski definition) is 1. The number of rotatable bonds is 5. The second-order valence-corrected chi connectivity index (χ2v) is 7.32. The maximum Gasteiger partial charge on any atom is 0.271 e. The van der Waals surface area contributed by atoms with Gasteiger partial charge in [0.1, 0.15) is 0 Å². The Morgan fingerprint density at radius 1 is 1.33 bits per heavy atom. The number of non-ortho nitro benzene ring substituents is 1. The average Bonchev–Trinajstić information content (AvgIpc) is 2.65. The second kappa shape index (κ2) is 8.50. The van der Waals surface area contributed by atoms with E-state index in [9.17, 15) is 14.9 Å². The molecule has 1 aliphatic heterocycles. The van der Waals surface area contributed by atoms with Crippen LogP contribution < -0.4 is 5.32 Å². The Balaban J connectivity index is 1.66. The molecule has 2 aromatic carbocycles. The van der Waals surface area contributed by atoms with Crippen molar-refractivity contribution >= 4 is 28.9 Å². The molecule has 0 radical (unpaired) electrons. The largest absolute Gasteiger partial charge is 0.324 e. The SMILES string of the molecule is Cc1ccccc1CN1CCCC(C(=O)Nc2cc([N+](=O)[O-])ccc2Cl)C1. The molecule has 1 heterocycles. The summed E-state index contributed by atoms with van der Waals surface area (Å²) in [4.78, 5) is 25.4. The number of nitrogens with zero attached hydrogens (tertiary/aromatic N) is 2. The average molecular weight is 388 g/mol. The van der Waals surface area contributed by atoms with Crippen LogP contribution in [0.4, 0.5) is 11.4 Å². The normalized spacial score (nSPS) is 17.5. The van der Waals surface area contributed by atoms with Crippen LogP contribution in [-0.2, 0) is 11.3 Å². The first-order valence-electron chi connectivity index (χ1n) is 8.95. The molecule has 0 spiro atoms. The molecule has 1 fully saturated rings. The maximum absolute atomic E-state index is 12.7. The van der Waals surface area contributed by atoms with Crippen LogP contribution in [0.15, 0.2) is 42.5 Å². The summed E-state index contributed by atoms with van der Waals surface area (Å²) in [5.41, 5.74) is 2.69. The summed E-state index contributed by atoms with van der Waals surface area (Å²) >= 11 is 6.09. The van der Waals surface area contributed by atoms with Crippen molar-refractivity contribution in [1.29, 1.82) is 0 Å². The topological polar surface area (TPSA) is 75.5 Å². The molecule has 0 saturated carbocycles. The van der Waals surface area contributed by atoms with Gasteiger partial charge in [-0.15, -0.1) is 0 Å². The first-order valence-corrected chi connectivity index (χ1v) is 9.33. The van der Waals surface area contributed by atoms with Gasteiger partial charge >= 0.3 is 0 Å². The van der Waals surface area contributed by atoms with Crippen LogP contribution in [0, 0.1) is 23.0 Å². The highest BCUT2D eigenvalue weighted by molar-refractivity contribution is 6.33. The van der Waals surface area contributed by atoms with Crippen LogP contribution in [-0.4, -0.2) is 28.8 Å². The zero-order valence-electron chi connectivity index (χ0n) is 15.2.